The monoisotopic (exact) mass is 327 g/mol. The topological polar surface area (TPSA) is 63.7 Å². The van der Waals surface area contributed by atoms with Gasteiger partial charge in [-0.25, -0.2) is 0 Å². The zero-order valence-electron chi connectivity index (χ0n) is 14.0. The molecule has 24 heavy (non-hydrogen) atoms. The fraction of sp³-hybridized carbons (Fsp3) is 0.421. The lowest BCUT2D eigenvalue weighted by atomic mass is 9.85. The van der Waals surface area contributed by atoms with E-state index in [0.29, 0.717) is 18.6 Å². The third kappa shape index (κ3) is 3.11. The number of benzene rings is 1. The number of fused-ring (bicyclic) bond motifs is 1. The second-order valence-corrected chi connectivity index (χ2v) is 6.45. The van der Waals surface area contributed by atoms with Crippen molar-refractivity contribution in [2.45, 2.75) is 33.1 Å². The fourth-order valence-corrected chi connectivity index (χ4v) is 3.25. The van der Waals surface area contributed by atoms with Gasteiger partial charge in [-0.1, -0.05) is 18.2 Å². The van der Waals surface area contributed by atoms with Gasteiger partial charge in [0.1, 0.15) is 5.75 Å². The van der Waals surface area contributed by atoms with E-state index in [2.05, 4.69) is 0 Å². The highest BCUT2D eigenvalue weighted by atomic mass is 16.5. The average molecular weight is 327 g/mol. The summed E-state index contributed by atoms with van der Waals surface area (Å²) >= 11 is 0. The first-order chi connectivity index (χ1) is 11.5. The minimum Gasteiger partial charge on any atom is -0.426 e. The molecule has 1 aliphatic heterocycles. The van der Waals surface area contributed by atoms with E-state index in [4.69, 9.17) is 4.74 Å². The van der Waals surface area contributed by atoms with Gasteiger partial charge >= 0.3 is 5.97 Å². The molecule has 1 aromatic carbocycles. The maximum atomic E-state index is 12.3. The number of carbonyl (C=O) groups is 3. The van der Waals surface area contributed by atoms with Crippen LogP contribution in [0.3, 0.4) is 0 Å². The van der Waals surface area contributed by atoms with Gasteiger partial charge in [0.05, 0.1) is 18.3 Å². The lowest BCUT2D eigenvalue weighted by Crippen LogP contribution is -2.33. The summed E-state index contributed by atoms with van der Waals surface area (Å²) in [6, 6.07) is 5.44. The average Bonchev–Trinajstić information content (AvgIpc) is 2.81. The molecule has 1 saturated heterocycles. The van der Waals surface area contributed by atoms with Crippen LogP contribution in [0.4, 0.5) is 0 Å². The van der Waals surface area contributed by atoms with Crippen molar-refractivity contribution in [3.8, 4) is 5.75 Å². The molecule has 0 bridgehead atoms. The number of carbonyl (C=O) groups excluding carboxylic acids is 3. The van der Waals surface area contributed by atoms with Gasteiger partial charge in [-0.15, -0.1) is 0 Å². The Hall–Kier alpha value is -2.43. The van der Waals surface area contributed by atoms with Crippen molar-refractivity contribution in [2.24, 2.45) is 11.8 Å². The molecule has 3 rings (SSSR count). The predicted molar refractivity (Wildman–Crippen MR) is 88.2 cm³/mol. The number of aryl methyl sites for hydroxylation is 2. The van der Waals surface area contributed by atoms with E-state index in [1.807, 2.05) is 32.1 Å². The van der Waals surface area contributed by atoms with E-state index in [0.717, 1.165) is 11.1 Å². The smallest absolute Gasteiger partial charge is 0.312 e. The van der Waals surface area contributed by atoms with Crippen molar-refractivity contribution in [1.82, 2.24) is 4.90 Å². The van der Waals surface area contributed by atoms with Gasteiger partial charge in [-0.3, -0.25) is 19.3 Å². The Morgan fingerprint density at radius 3 is 2.29 bits per heavy atom. The SMILES string of the molecule is Cc1ccc(OC(=O)CCN2C(=O)[C@H]3CC=CC[C@@H]3C2=O)cc1C. The second-order valence-electron chi connectivity index (χ2n) is 6.45. The number of ether oxygens (including phenoxy) is 1. The summed E-state index contributed by atoms with van der Waals surface area (Å²) in [6.45, 7) is 4.03. The van der Waals surface area contributed by atoms with E-state index in [1.54, 1.807) is 12.1 Å². The van der Waals surface area contributed by atoms with E-state index >= 15 is 0 Å². The van der Waals surface area contributed by atoms with Crippen LogP contribution in [-0.4, -0.2) is 29.2 Å². The summed E-state index contributed by atoms with van der Waals surface area (Å²) in [5, 5.41) is 0. The van der Waals surface area contributed by atoms with Crippen LogP contribution in [0.15, 0.2) is 30.4 Å². The Kier molecular flexibility index (Phi) is 4.51. The van der Waals surface area contributed by atoms with Crippen LogP contribution < -0.4 is 4.74 Å². The van der Waals surface area contributed by atoms with E-state index in [-0.39, 0.29) is 36.6 Å². The van der Waals surface area contributed by atoms with Crippen molar-refractivity contribution in [2.75, 3.05) is 6.54 Å². The lowest BCUT2D eigenvalue weighted by molar-refractivity contribution is -0.141. The summed E-state index contributed by atoms with van der Waals surface area (Å²) in [6.07, 6.45) is 5.13. The zero-order valence-corrected chi connectivity index (χ0v) is 14.0. The molecule has 126 valence electrons. The van der Waals surface area contributed by atoms with Crippen molar-refractivity contribution < 1.29 is 19.1 Å². The zero-order chi connectivity index (χ0) is 17.3. The molecule has 1 aliphatic carbocycles. The first-order valence-electron chi connectivity index (χ1n) is 8.25. The third-order valence-electron chi connectivity index (χ3n) is 4.85. The third-order valence-corrected chi connectivity index (χ3v) is 4.85. The van der Waals surface area contributed by atoms with Gasteiger partial charge in [-0.05, 0) is 49.9 Å². The maximum absolute atomic E-state index is 12.3. The van der Waals surface area contributed by atoms with E-state index in [1.165, 1.54) is 4.90 Å². The number of hydrogen-bond acceptors (Lipinski definition) is 4. The minimum atomic E-state index is -0.438. The fourth-order valence-electron chi connectivity index (χ4n) is 3.25. The normalized spacial score (nSPS) is 22.7. The van der Waals surface area contributed by atoms with Crippen molar-refractivity contribution in [3.63, 3.8) is 0 Å². The summed E-state index contributed by atoms with van der Waals surface area (Å²) in [5.74, 6) is -0.773. The number of amides is 2. The minimum absolute atomic E-state index is 0.0112. The quantitative estimate of drug-likeness (QED) is 0.369. The molecule has 2 atom stereocenters. The molecule has 5 heteroatoms. The number of esters is 1. The highest BCUT2D eigenvalue weighted by molar-refractivity contribution is 6.05. The largest absolute Gasteiger partial charge is 0.426 e. The van der Waals surface area contributed by atoms with Crippen LogP contribution in [-0.2, 0) is 14.4 Å². The molecule has 2 aliphatic rings. The van der Waals surface area contributed by atoms with Crippen LogP contribution in [0.1, 0.15) is 30.4 Å². The number of imide groups is 1. The first kappa shape index (κ1) is 16.4. The molecule has 2 amide bonds. The van der Waals surface area contributed by atoms with Crippen LogP contribution in [0.25, 0.3) is 0 Å². The van der Waals surface area contributed by atoms with Gasteiger partial charge in [0.15, 0.2) is 0 Å². The summed E-state index contributed by atoms with van der Waals surface area (Å²) in [5.41, 5.74) is 2.17. The standard InChI is InChI=1S/C19H21NO4/c1-12-7-8-14(11-13(12)2)24-17(21)9-10-20-18(22)15-5-3-4-6-16(15)19(20)23/h3-4,7-8,11,15-16H,5-6,9-10H2,1-2H3/t15-,16-/m0/s1. The number of hydrogen-bond donors (Lipinski definition) is 0. The summed E-state index contributed by atoms with van der Waals surface area (Å²) < 4.78 is 5.30. The first-order valence-corrected chi connectivity index (χ1v) is 8.25. The molecular weight excluding hydrogens is 306 g/mol. The summed E-state index contributed by atoms with van der Waals surface area (Å²) in [4.78, 5) is 37.9. The Bertz CT molecular complexity index is 696. The lowest BCUT2D eigenvalue weighted by Gasteiger charge is -2.14. The van der Waals surface area contributed by atoms with E-state index in [9.17, 15) is 14.4 Å². The Morgan fingerprint density at radius 1 is 1.08 bits per heavy atom. The molecule has 0 unspecified atom stereocenters. The molecule has 5 nitrogen and oxygen atoms in total. The van der Waals surface area contributed by atoms with Crippen molar-refractivity contribution in [1.29, 1.82) is 0 Å². The van der Waals surface area contributed by atoms with Gasteiger partial charge in [0, 0.05) is 6.54 Å². The Balaban J connectivity index is 1.57. The van der Waals surface area contributed by atoms with Crippen LogP contribution in [0, 0.1) is 25.7 Å². The highest BCUT2D eigenvalue weighted by Gasteiger charge is 2.46. The van der Waals surface area contributed by atoms with Crippen LogP contribution in [0.2, 0.25) is 0 Å². The predicted octanol–water partition coefficient (Wildman–Crippen LogP) is 2.55. The second kappa shape index (κ2) is 6.59. The van der Waals surface area contributed by atoms with Crippen molar-refractivity contribution >= 4 is 17.8 Å². The number of nitrogens with zero attached hydrogens (tertiary/aromatic N) is 1. The summed E-state index contributed by atoms with van der Waals surface area (Å²) in [7, 11) is 0. The van der Waals surface area contributed by atoms with Crippen LogP contribution >= 0.6 is 0 Å². The number of likely N-dealkylation sites (tertiary alicyclic amines) is 1. The molecule has 0 spiro atoms. The molecule has 1 heterocycles. The van der Waals surface area contributed by atoms with E-state index < -0.39 is 5.97 Å². The molecule has 1 fully saturated rings. The number of allylic oxidation sites excluding steroid dienone is 2. The highest BCUT2D eigenvalue weighted by Crippen LogP contribution is 2.35. The molecular formula is C19H21NO4. The van der Waals surface area contributed by atoms with Gasteiger partial charge in [0.25, 0.3) is 0 Å². The molecule has 0 aromatic heterocycles. The van der Waals surface area contributed by atoms with Crippen LogP contribution in [0.5, 0.6) is 5.75 Å². The molecule has 0 N–H and O–H groups in total. The Labute approximate surface area is 141 Å². The van der Waals surface area contributed by atoms with Gasteiger partial charge in [0.2, 0.25) is 11.8 Å². The molecule has 0 saturated carbocycles. The maximum Gasteiger partial charge on any atom is 0.312 e. The Morgan fingerprint density at radius 2 is 1.71 bits per heavy atom. The van der Waals surface area contributed by atoms with Gasteiger partial charge < -0.3 is 4.74 Å². The van der Waals surface area contributed by atoms with Gasteiger partial charge in [-0.2, -0.15) is 0 Å². The molecule has 0 radical (unpaired) electrons. The molecule has 1 aromatic rings. The van der Waals surface area contributed by atoms with Crippen molar-refractivity contribution in [3.05, 3.63) is 41.5 Å². The number of rotatable bonds is 4.